The van der Waals surface area contributed by atoms with Gasteiger partial charge in [-0.2, -0.15) is 5.10 Å². The second kappa shape index (κ2) is 6.02. The Morgan fingerprint density at radius 2 is 1.96 bits per heavy atom. The highest BCUT2D eigenvalue weighted by atomic mass is 35.5. The van der Waals surface area contributed by atoms with Gasteiger partial charge in [-0.15, -0.1) is 0 Å². The molecule has 3 aromatic rings. The molecule has 1 aromatic carbocycles. The van der Waals surface area contributed by atoms with Gasteiger partial charge in [-0.05, 0) is 42.5 Å². The predicted molar refractivity (Wildman–Crippen MR) is 88.9 cm³/mol. The molecule has 3 heterocycles. The third-order valence-corrected chi connectivity index (χ3v) is 4.10. The number of benzene rings is 1. The zero-order valence-electron chi connectivity index (χ0n) is 12.6. The van der Waals surface area contributed by atoms with Gasteiger partial charge in [-0.3, -0.25) is 4.79 Å². The van der Waals surface area contributed by atoms with E-state index in [1.54, 1.807) is 48.9 Å². The Kier molecular flexibility index (Phi) is 3.70. The summed E-state index contributed by atoms with van der Waals surface area (Å²) >= 11 is 6.00. The summed E-state index contributed by atoms with van der Waals surface area (Å²) in [5, 5.41) is 6.41. The van der Waals surface area contributed by atoms with Gasteiger partial charge in [0.15, 0.2) is 0 Å². The monoisotopic (exact) mass is 340 g/mol. The van der Waals surface area contributed by atoms with Crippen LogP contribution in [0.5, 0.6) is 0 Å². The van der Waals surface area contributed by atoms with E-state index in [-0.39, 0.29) is 11.9 Å². The van der Waals surface area contributed by atoms with E-state index in [9.17, 15) is 4.79 Å². The predicted octanol–water partition coefficient (Wildman–Crippen LogP) is 4.52. The van der Waals surface area contributed by atoms with E-state index in [1.807, 2.05) is 12.1 Å². The largest absolute Gasteiger partial charge is 0.467 e. The standard InChI is InChI=1S/C18H13ClN2O3/c19-13-5-1-4-12(10-13)18(22)21-15(17-7-3-9-24-17)11-14(20-21)16-6-2-8-23-16/h1-10,15H,11H2. The van der Waals surface area contributed by atoms with Crippen molar-refractivity contribution in [1.29, 1.82) is 0 Å². The summed E-state index contributed by atoms with van der Waals surface area (Å²) < 4.78 is 10.9. The van der Waals surface area contributed by atoms with Crippen molar-refractivity contribution in [3.8, 4) is 0 Å². The Morgan fingerprint density at radius 1 is 1.12 bits per heavy atom. The van der Waals surface area contributed by atoms with E-state index in [2.05, 4.69) is 5.10 Å². The number of hydrazone groups is 1. The lowest BCUT2D eigenvalue weighted by Crippen LogP contribution is -2.26. The van der Waals surface area contributed by atoms with Crippen LogP contribution in [0.25, 0.3) is 0 Å². The minimum absolute atomic E-state index is 0.236. The molecule has 1 aliphatic heterocycles. The second-order valence-electron chi connectivity index (χ2n) is 5.42. The Balaban J connectivity index is 1.72. The molecule has 0 bridgehead atoms. The maximum absolute atomic E-state index is 12.9. The number of carbonyl (C=O) groups excluding carboxylic acids is 1. The van der Waals surface area contributed by atoms with E-state index in [0.29, 0.717) is 34.2 Å². The zero-order valence-corrected chi connectivity index (χ0v) is 13.3. The summed E-state index contributed by atoms with van der Waals surface area (Å²) in [6, 6.07) is 13.7. The van der Waals surface area contributed by atoms with Gasteiger partial charge in [0.2, 0.25) is 0 Å². The molecule has 1 unspecified atom stereocenters. The smallest absolute Gasteiger partial charge is 0.274 e. The van der Waals surface area contributed by atoms with Crippen LogP contribution >= 0.6 is 11.6 Å². The lowest BCUT2D eigenvalue weighted by molar-refractivity contribution is 0.0693. The van der Waals surface area contributed by atoms with Crippen molar-refractivity contribution in [2.24, 2.45) is 5.10 Å². The zero-order chi connectivity index (χ0) is 16.5. The summed E-state index contributed by atoms with van der Waals surface area (Å²) in [5.41, 5.74) is 1.18. The van der Waals surface area contributed by atoms with Crippen molar-refractivity contribution >= 4 is 23.2 Å². The van der Waals surface area contributed by atoms with Gasteiger partial charge in [0.1, 0.15) is 23.3 Å². The van der Waals surface area contributed by atoms with E-state index in [1.165, 1.54) is 5.01 Å². The summed E-state index contributed by atoms with van der Waals surface area (Å²) in [6.07, 6.45) is 3.69. The van der Waals surface area contributed by atoms with E-state index < -0.39 is 0 Å². The lowest BCUT2D eigenvalue weighted by atomic mass is 10.1. The first kappa shape index (κ1) is 14.8. The Labute approximate surface area is 143 Å². The van der Waals surface area contributed by atoms with Crippen LogP contribution in [0.3, 0.4) is 0 Å². The summed E-state index contributed by atoms with van der Waals surface area (Å²) in [7, 11) is 0. The van der Waals surface area contributed by atoms with Crippen molar-refractivity contribution < 1.29 is 13.6 Å². The maximum atomic E-state index is 12.9. The van der Waals surface area contributed by atoms with Crippen molar-refractivity contribution in [2.75, 3.05) is 0 Å². The molecule has 0 saturated carbocycles. The SMILES string of the molecule is O=C(c1cccc(Cl)c1)N1N=C(c2ccco2)CC1c1ccco1. The number of hydrogen-bond donors (Lipinski definition) is 0. The normalized spacial score (nSPS) is 17.1. The van der Waals surface area contributed by atoms with Crippen LogP contribution in [0, 0.1) is 0 Å². The highest BCUT2D eigenvalue weighted by molar-refractivity contribution is 6.31. The highest BCUT2D eigenvalue weighted by Gasteiger charge is 2.36. The topological polar surface area (TPSA) is 59.0 Å². The average molecular weight is 341 g/mol. The Bertz CT molecular complexity index is 885. The number of carbonyl (C=O) groups is 1. The number of amides is 1. The molecule has 24 heavy (non-hydrogen) atoms. The van der Waals surface area contributed by atoms with Crippen molar-refractivity contribution in [1.82, 2.24) is 5.01 Å². The van der Waals surface area contributed by atoms with Crippen LogP contribution in [-0.4, -0.2) is 16.6 Å². The molecule has 2 aromatic heterocycles. The Morgan fingerprint density at radius 3 is 2.67 bits per heavy atom. The lowest BCUT2D eigenvalue weighted by Gasteiger charge is -2.19. The first-order chi connectivity index (χ1) is 11.7. The fourth-order valence-electron chi connectivity index (χ4n) is 2.75. The average Bonchev–Trinajstić information content (AvgIpc) is 3.32. The van der Waals surface area contributed by atoms with Gasteiger partial charge in [-0.1, -0.05) is 17.7 Å². The fourth-order valence-corrected chi connectivity index (χ4v) is 2.94. The number of halogens is 1. The van der Waals surface area contributed by atoms with E-state index in [4.69, 9.17) is 20.4 Å². The fraction of sp³-hybridized carbons (Fsp3) is 0.111. The molecule has 0 aliphatic carbocycles. The van der Waals surface area contributed by atoms with Crippen LogP contribution < -0.4 is 0 Å². The molecule has 6 heteroatoms. The first-order valence-corrected chi connectivity index (χ1v) is 7.84. The van der Waals surface area contributed by atoms with Crippen LogP contribution in [0.15, 0.2) is 75.0 Å². The molecule has 5 nitrogen and oxygen atoms in total. The van der Waals surface area contributed by atoms with Crippen molar-refractivity contribution in [2.45, 2.75) is 12.5 Å². The molecule has 0 radical (unpaired) electrons. The number of hydrogen-bond acceptors (Lipinski definition) is 4. The molecule has 0 N–H and O–H groups in total. The molecule has 1 aliphatic rings. The molecular weight excluding hydrogens is 328 g/mol. The van der Waals surface area contributed by atoms with Gasteiger partial charge in [0.05, 0.1) is 12.5 Å². The number of furan rings is 2. The number of nitrogens with zero attached hydrogens (tertiary/aromatic N) is 2. The van der Waals surface area contributed by atoms with Gasteiger partial charge >= 0.3 is 0 Å². The molecule has 1 amide bonds. The molecule has 1 atom stereocenters. The van der Waals surface area contributed by atoms with Gasteiger partial charge in [-0.25, -0.2) is 5.01 Å². The van der Waals surface area contributed by atoms with Crippen LogP contribution in [0.2, 0.25) is 5.02 Å². The summed E-state index contributed by atoms with van der Waals surface area (Å²) in [4.78, 5) is 12.9. The molecule has 0 saturated heterocycles. The Hall–Kier alpha value is -2.79. The molecule has 4 rings (SSSR count). The van der Waals surface area contributed by atoms with Gasteiger partial charge < -0.3 is 8.83 Å². The van der Waals surface area contributed by atoms with E-state index >= 15 is 0 Å². The first-order valence-electron chi connectivity index (χ1n) is 7.46. The van der Waals surface area contributed by atoms with Crippen molar-refractivity contribution in [3.05, 3.63) is 83.2 Å². The minimum Gasteiger partial charge on any atom is -0.467 e. The number of rotatable bonds is 3. The third-order valence-electron chi connectivity index (χ3n) is 3.87. The van der Waals surface area contributed by atoms with Crippen LogP contribution in [0.4, 0.5) is 0 Å². The van der Waals surface area contributed by atoms with Gasteiger partial charge in [0.25, 0.3) is 5.91 Å². The van der Waals surface area contributed by atoms with Crippen LogP contribution in [-0.2, 0) is 0 Å². The van der Waals surface area contributed by atoms with Crippen molar-refractivity contribution in [3.63, 3.8) is 0 Å². The maximum Gasteiger partial charge on any atom is 0.274 e. The highest BCUT2D eigenvalue weighted by Crippen LogP contribution is 2.34. The van der Waals surface area contributed by atoms with Gasteiger partial charge in [0, 0.05) is 17.0 Å². The van der Waals surface area contributed by atoms with E-state index in [0.717, 1.165) is 0 Å². The summed E-state index contributed by atoms with van der Waals surface area (Å²) in [5.74, 6) is 1.09. The summed E-state index contributed by atoms with van der Waals surface area (Å²) in [6.45, 7) is 0. The second-order valence-corrected chi connectivity index (χ2v) is 5.86. The minimum atomic E-state index is -0.313. The third kappa shape index (κ3) is 2.63. The molecule has 0 spiro atoms. The molecule has 120 valence electrons. The molecule has 0 fully saturated rings. The molecular formula is C18H13ClN2O3. The quantitative estimate of drug-likeness (QED) is 0.704. The van der Waals surface area contributed by atoms with Crippen LogP contribution in [0.1, 0.15) is 34.3 Å².